The van der Waals surface area contributed by atoms with E-state index < -0.39 is 0 Å². The van der Waals surface area contributed by atoms with Gasteiger partial charge in [-0.05, 0) is 5.22 Å². The van der Waals surface area contributed by atoms with Crippen LogP contribution in [0.5, 0.6) is 0 Å². The van der Waals surface area contributed by atoms with Gasteiger partial charge in [0.25, 0.3) is 0 Å². The maximum absolute atomic E-state index is 3.94. The Morgan fingerprint density at radius 1 is 1.80 bits per heavy atom. The Morgan fingerprint density at radius 3 is 2.90 bits per heavy atom. The summed E-state index contributed by atoms with van der Waals surface area (Å²) in [6.07, 6.45) is 3.16. The van der Waals surface area contributed by atoms with E-state index in [4.69, 9.17) is 0 Å². The number of nitrogens with one attached hydrogen (secondary N) is 1. The Morgan fingerprint density at radius 2 is 2.50 bits per heavy atom. The summed E-state index contributed by atoms with van der Waals surface area (Å²) in [5.41, 5.74) is 0. The van der Waals surface area contributed by atoms with Crippen LogP contribution in [0.3, 0.4) is 0 Å². The zero-order chi connectivity index (χ0) is 7.56. The Bertz CT molecular complexity index is 142. The van der Waals surface area contributed by atoms with Gasteiger partial charge in [0.1, 0.15) is 0 Å². The topological polar surface area (TPSA) is 32.4 Å². The third kappa shape index (κ3) is 1.16. The summed E-state index contributed by atoms with van der Waals surface area (Å²) >= 11 is 0. The van der Waals surface area contributed by atoms with Crippen LogP contribution >= 0.6 is 0 Å². The van der Waals surface area contributed by atoms with Crippen LogP contribution in [0.1, 0.15) is 6.42 Å². The van der Waals surface area contributed by atoms with Gasteiger partial charge in [0.05, 0.1) is 7.05 Å². The SMILES string of the molecule is C=CCC1N(C)N=N[NH+]1C. The lowest BCUT2D eigenvalue weighted by molar-refractivity contribution is -0.915. The molecule has 1 aliphatic heterocycles. The van der Waals surface area contributed by atoms with Gasteiger partial charge in [0.15, 0.2) is 0 Å². The summed E-state index contributed by atoms with van der Waals surface area (Å²) < 4.78 is 0. The molecule has 1 rings (SSSR count). The van der Waals surface area contributed by atoms with Crippen molar-refractivity contribution < 1.29 is 5.01 Å². The molecule has 56 valence electrons. The molecule has 0 saturated carbocycles. The molecular weight excluding hydrogens is 128 g/mol. The van der Waals surface area contributed by atoms with Crippen LogP contribution < -0.4 is 5.01 Å². The normalized spacial score (nSPS) is 31.2. The molecule has 0 aromatic carbocycles. The smallest absolute Gasteiger partial charge is 0.208 e. The van der Waals surface area contributed by atoms with Crippen molar-refractivity contribution in [3.63, 3.8) is 0 Å². The van der Waals surface area contributed by atoms with Gasteiger partial charge in [-0.25, -0.2) is 5.01 Å². The first-order valence-electron chi connectivity index (χ1n) is 3.34. The van der Waals surface area contributed by atoms with Gasteiger partial charge >= 0.3 is 0 Å². The van der Waals surface area contributed by atoms with Gasteiger partial charge in [-0.2, -0.15) is 5.01 Å². The standard InChI is InChI=1S/C6H12N4/c1-4-5-6-9(2)7-8-10(6)3/h4,6H,1,5H2,2-3H3/p+1. The number of hydrogen-bond donors (Lipinski definition) is 1. The zero-order valence-corrected chi connectivity index (χ0v) is 6.41. The van der Waals surface area contributed by atoms with Crippen molar-refractivity contribution in [3.05, 3.63) is 12.7 Å². The first-order valence-corrected chi connectivity index (χ1v) is 3.34. The zero-order valence-electron chi connectivity index (χ0n) is 6.41. The average molecular weight is 141 g/mol. The van der Waals surface area contributed by atoms with Gasteiger partial charge < -0.3 is 0 Å². The number of rotatable bonds is 2. The van der Waals surface area contributed by atoms with E-state index >= 15 is 0 Å². The van der Waals surface area contributed by atoms with Gasteiger partial charge in [0.2, 0.25) is 6.17 Å². The summed E-state index contributed by atoms with van der Waals surface area (Å²) in [5, 5.41) is 10.8. The molecule has 4 heteroatoms. The highest BCUT2D eigenvalue weighted by atomic mass is 15.8. The number of hydrogen-bond acceptors (Lipinski definition) is 3. The molecule has 0 fully saturated rings. The van der Waals surface area contributed by atoms with Crippen LogP contribution in [0.2, 0.25) is 0 Å². The van der Waals surface area contributed by atoms with Crippen molar-refractivity contribution in [1.29, 1.82) is 0 Å². The predicted molar refractivity (Wildman–Crippen MR) is 38.1 cm³/mol. The Labute approximate surface area is 60.8 Å². The Kier molecular flexibility index (Phi) is 2.01. The molecule has 1 heterocycles. The third-order valence-corrected chi connectivity index (χ3v) is 1.67. The molecule has 1 aliphatic rings. The van der Waals surface area contributed by atoms with Crippen LogP contribution in [0.4, 0.5) is 0 Å². The fraction of sp³-hybridized carbons (Fsp3) is 0.667. The molecule has 2 unspecified atom stereocenters. The molecule has 10 heavy (non-hydrogen) atoms. The van der Waals surface area contributed by atoms with E-state index in [0.29, 0.717) is 6.17 Å². The molecule has 0 radical (unpaired) electrons. The molecule has 2 atom stereocenters. The van der Waals surface area contributed by atoms with Crippen LogP contribution in [-0.4, -0.2) is 25.3 Å². The summed E-state index contributed by atoms with van der Waals surface area (Å²) in [7, 11) is 3.91. The highest BCUT2D eigenvalue weighted by Crippen LogP contribution is 1.99. The number of quaternary nitrogens is 1. The van der Waals surface area contributed by atoms with E-state index in [2.05, 4.69) is 17.0 Å². The fourth-order valence-corrected chi connectivity index (χ4v) is 1.02. The molecule has 0 aliphatic carbocycles. The highest BCUT2D eigenvalue weighted by Gasteiger charge is 2.27. The first kappa shape index (κ1) is 7.21. The summed E-state index contributed by atoms with van der Waals surface area (Å²) in [5.74, 6) is 0. The predicted octanol–water partition coefficient (Wildman–Crippen LogP) is -0.369. The minimum atomic E-state index is 0.345. The van der Waals surface area contributed by atoms with E-state index in [0.717, 1.165) is 11.4 Å². The summed E-state index contributed by atoms with van der Waals surface area (Å²) in [4.78, 5) is 0. The monoisotopic (exact) mass is 141 g/mol. The highest BCUT2D eigenvalue weighted by molar-refractivity contribution is 4.71. The fourth-order valence-electron chi connectivity index (χ4n) is 1.02. The second kappa shape index (κ2) is 2.79. The molecular formula is C6H13N4+. The first-order chi connectivity index (χ1) is 4.75. The molecule has 0 amide bonds. The van der Waals surface area contributed by atoms with E-state index in [-0.39, 0.29) is 0 Å². The van der Waals surface area contributed by atoms with Crippen molar-refractivity contribution in [2.24, 2.45) is 10.4 Å². The molecule has 0 saturated heterocycles. The lowest BCUT2D eigenvalue weighted by Crippen LogP contribution is -3.08. The van der Waals surface area contributed by atoms with Gasteiger partial charge in [-0.3, -0.25) is 0 Å². The molecule has 0 aromatic rings. The molecule has 0 bridgehead atoms. The summed E-state index contributed by atoms with van der Waals surface area (Å²) in [6, 6.07) is 0. The lowest BCUT2D eigenvalue weighted by Gasteiger charge is -2.15. The van der Waals surface area contributed by atoms with Crippen molar-refractivity contribution >= 4 is 0 Å². The quantitative estimate of drug-likeness (QED) is 0.523. The molecule has 4 nitrogen and oxygen atoms in total. The van der Waals surface area contributed by atoms with Gasteiger partial charge in [-0.1, -0.05) is 6.08 Å². The van der Waals surface area contributed by atoms with Crippen molar-refractivity contribution in [2.45, 2.75) is 12.6 Å². The van der Waals surface area contributed by atoms with E-state index in [1.165, 1.54) is 0 Å². The number of nitrogens with zero attached hydrogens (tertiary/aromatic N) is 3. The maximum Gasteiger partial charge on any atom is 0.208 e. The minimum absolute atomic E-state index is 0.345. The van der Waals surface area contributed by atoms with E-state index in [9.17, 15) is 0 Å². The largest absolute Gasteiger partial charge is 0.222 e. The lowest BCUT2D eigenvalue weighted by atomic mass is 10.3. The van der Waals surface area contributed by atoms with Crippen LogP contribution in [0, 0.1) is 0 Å². The Hall–Kier alpha value is -0.900. The Balaban J connectivity index is 2.51. The van der Waals surface area contributed by atoms with Gasteiger partial charge in [-0.15, -0.1) is 6.58 Å². The average Bonchev–Trinajstić information content (AvgIpc) is 2.20. The second-order valence-electron chi connectivity index (χ2n) is 2.44. The van der Waals surface area contributed by atoms with Crippen LogP contribution in [0.25, 0.3) is 0 Å². The van der Waals surface area contributed by atoms with E-state index in [1.807, 2.05) is 25.2 Å². The summed E-state index contributed by atoms with van der Waals surface area (Å²) in [6.45, 7) is 3.67. The third-order valence-electron chi connectivity index (χ3n) is 1.67. The van der Waals surface area contributed by atoms with Crippen molar-refractivity contribution in [1.82, 2.24) is 5.01 Å². The van der Waals surface area contributed by atoms with E-state index in [1.54, 1.807) is 0 Å². The second-order valence-corrected chi connectivity index (χ2v) is 2.44. The molecule has 0 aromatic heterocycles. The van der Waals surface area contributed by atoms with Crippen LogP contribution in [0.15, 0.2) is 23.1 Å². The van der Waals surface area contributed by atoms with Crippen LogP contribution in [-0.2, 0) is 0 Å². The maximum atomic E-state index is 3.94. The van der Waals surface area contributed by atoms with Gasteiger partial charge in [0, 0.05) is 18.7 Å². The molecule has 0 spiro atoms. The minimum Gasteiger partial charge on any atom is -0.222 e. The van der Waals surface area contributed by atoms with Crippen molar-refractivity contribution in [3.8, 4) is 0 Å². The van der Waals surface area contributed by atoms with Crippen molar-refractivity contribution in [2.75, 3.05) is 14.1 Å². The molecule has 1 N–H and O–H groups in total.